The average Bonchev–Trinajstić information content (AvgIpc) is 3.11. The molecule has 4 nitrogen and oxygen atoms in total. The first-order valence-electron chi connectivity index (χ1n) is 15.5. The summed E-state index contributed by atoms with van der Waals surface area (Å²) >= 11 is 0. The average molecular weight is 569 g/mol. The minimum absolute atomic E-state index is 1.02. The van der Waals surface area contributed by atoms with Crippen molar-refractivity contribution in [2.45, 2.75) is 13.1 Å². The Kier molecular flexibility index (Phi) is 5.73. The van der Waals surface area contributed by atoms with Crippen LogP contribution in [0.25, 0.3) is 56.5 Å². The van der Waals surface area contributed by atoms with Gasteiger partial charge in [-0.15, -0.1) is 0 Å². The van der Waals surface area contributed by atoms with E-state index in [0.717, 1.165) is 26.2 Å². The Morgan fingerprint density at radius 1 is 0.455 bits per heavy atom. The molecule has 0 radical (unpaired) electrons. The minimum atomic E-state index is 1.02. The molecule has 0 aliphatic carbocycles. The van der Waals surface area contributed by atoms with Gasteiger partial charge in [-0.05, 0) is 46.2 Å². The summed E-state index contributed by atoms with van der Waals surface area (Å²) in [6, 6.07) is 39.1. The Morgan fingerprint density at radius 2 is 0.886 bits per heavy atom. The summed E-state index contributed by atoms with van der Waals surface area (Å²) in [5, 5.41) is 5.26. The SMILES string of the molecule is C1=CN2CCN3C=Cc4ccccc4C3=C2c2ccccc21.c1ccc2c3[n+](ccc2c1)CC[n+]1ccc2ccccc2c1-3. The van der Waals surface area contributed by atoms with Crippen molar-refractivity contribution in [2.24, 2.45) is 0 Å². The topological polar surface area (TPSA) is 14.2 Å². The van der Waals surface area contributed by atoms with Crippen LogP contribution in [0, 0.1) is 0 Å². The lowest BCUT2D eigenvalue weighted by molar-refractivity contribution is -0.793. The van der Waals surface area contributed by atoms with Crippen molar-refractivity contribution in [3.63, 3.8) is 0 Å². The number of aryl methyl sites for hydroxylation is 2. The van der Waals surface area contributed by atoms with Gasteiger partial charge in [0.1, 0.15) is 0 Å². The Balaban J connectivity index is 0.000000123. The van der Waals surface area contributed by atoms with E-state index in [1.54, 1.807) is 0 Å². The quantitative estimate of drug-likeness (QED) is 0.178. The minimum Gasteiger partial charge on any atom is -0.344 e. The molecule has 4 aliphatic rings. The molecule has 210 valence electrons. The van der Waals surface area contributed by atoms with Gasteiger partial charge in [0, 0.05) is 48.7 Å². The van der Waals surface area contributed by atoms with E-state index in [1.165, 1.54) is 66.6 Å². The molecule has 44 heavy (non-hydrogen) atoms. The fourth-order valence-corrected chi connectivity index (χ4v) is 7.26. The predicted octanol–water partition coefficient (Wildman–Crippen LogP) is 7.35. The fourth-order valence-electron chi connectivity index (χ4n) is 7.26. The second-order valence-corrected chi connectivity index (χ2v) is 11.8. The predicted molar refractivity (Wildman–Crippen MR) is 178 cm³/mol. The molecule has 0 N–H and O–H groups in total. The Bertz CT molecular complexity index is 2050. The molecule has 6 heterocycles. The molecular weight excluding hydrogens is 536 g/mol. The standard InChI is InChI=1S/2C20H16N2/c2*1-3-7-17-15(5-1)9-11-21-13-14-22-12-10-16-6-2-4-8-18(16)20(22)19(17)21/h2*1-12H,13-14H2/q;+2. The van der Waals surface area contributed by atoms with E-state index in [0.29, 0.717) is 0 Å². The summed E-state index contributed by atoms with van der Waals surface area (Å²) in [7, 11) is 0. The van der Waals surface area contributed by atoms with E-state index in [4.69, 9.17) is 0 Å². The van der Waals surface area contributed by atoms with Crippen LogP contribution in [0.3, 0.4) is 0 Å². The number of hydrogen-bond donors (Lipinski definition) is 0. The van der Waals surface area contributed by atoms with Crippen molar-refractivity contribution in [1.29, 1.82) is 0 Å². The maximum absolute atomic E-state index is 2.39. The van der Waals surface area contributed by atoms with E-state index < -0.39 is 0 Å². The maximum Gasteiger partial charge on any atom is 0.286 e. The highest BCUT2D eigenvalue weighted by Crippen LogP contribution is 2.42. The van der Waals surface area contributed by atoms with Crippen LogP contribution in [0.2, 0.25) is 0 Å². The first-order chi connectivity index (χ1) is 21.8. The molecule has 10 rings (SSSR count). The zero-order chi connectivity index (χ0) is 29.0. The molecule has 0 saturated carbocycles. The summed E-state index contributed by atoms with van der Waals surface area (Å²) < 4.78 is 4.79. The number of hydrogen-bond acceptors (Lipinski definition) is 2. The first-order valence-corrected chi connectivity index (χ1v) is 15.5. The van der Waals surface area contributed by atoms with Gasteiger partial charge in [-0.3, -0.25) is 0 Å². The fraction of sp³-hybridized carbons (Fsp3) is 0.100. The van der Waals surface area contributed by atoms with Gasteiger partial charge >= 0.3 is 0 Å². The third-order valence-electron chi connectivity index (χ3n) is 9.36. The van der Waals surface area contributed by atoms with E-state index in [9.17, 15) is 0 Å². The Morgan fingerprint density at radius 3 is 1.39 bits per heavy atom. The van der Waals surface area contributed by atoms with Crippen molar-refractivity contribution >= 4 is 45.1 Å². The zero-order valence-electron chi connectivity index (χ0n) is 24.5. The van der Waals surface area contributed by atoms with E-state index >= 15 is 0 Å². The number of rotatable bonds is 0. The number of pyridine rings is 2. The Hall–Kier alpha value is -5.48. The van der Waals surface area contributed by atoms with Gasteiger partial charge in [-0.2, -0.15) is 9.13 Å². The second kappa shape index (κ2) is 10.1. The third kappa shape index (κ3) is 3.91. The van der Waals surface area contributed by atoms with Crippen molar-refractivity contribution in [2.75, 3.05) is 13.1 Å². The van der Waals surface area contributed by atoms with Gasteiger partial charge < -0.3 is 9.80 Å². The number of benzene rings is 4. The second-order valence-electron chi connectivity index (χ2n) is 11.8. The Labute approximate surface area is 257 Å². The lowest BCUT2D eigenvalue weighted by atomic mass is 9.91. The highest BCUT2D eigenvalue weighted by atomic mass is 15.3. The van der Waals surface area contributed by atoms with Crippen LogP contribution in [-0.4, -0.2) is 22.9 Å². The third-order valence-corrected chi connectivity index (χ3v) is 9.36. The molecule has 4 heteroatoms. The number of fused-ring (bicyclic) bond motifs is 13. The first kappa shape index (κ1) is 25.1. The van der Waals surface area contributed by atoms with Crippen LogP contribution < -0.4 is 9.13 Å². The summed E-state index contributed by atoms with van der Waals surface area (Å²) in [4.78, 5) is 4.79. The highest BCUT2D eigenvalue weighted by molar-refractivity contribution is 6.00. The van der Waals surface area contributed by atoms with Gasteiger partial charge in [-0.25, -0.2) is 0 Å². The van der Waals surface area contributed by atoms with Gasteiger partial charge in [0.2, 0.25) is 13.1 Å². The normalized spacial score (nSPS) is 15.5. The summed E-state index contributed by atoms with van der Waals surface area (Å²) in [6.45, 7) is 4.10. The smallest absolute Gasteiger partial charge is 0.286 e. The van der Waals surface area contributed by atoms with E-state index in [1.807, 2.05) is 0 Å². The summed E-state index contributed by atoms with van der Waals surface area (Å²) in [5.74, 6) is 0. The summed E-state index contributed by atoms with van der Waals surface area (Å²) in [6.07, 6.45) is 13.3. The molecule has 0 fully saturated rings. The molecule has 0 saturated heterocycles. The molecule has 0 spiro atoms. The van der Waals surface area contributed by atoms with E-state index in [2.05, 4.69) is 165 Å². The van der Waals surface area contributed by atoms with Gasteiger partial charge in [0.25, 0.3) is 11.4 Å². The molecule has 6 aromatic rings. The van der Waals surface area contributed by atoms with E-state index in [-0.39, 0.29) is 0 Å². The van der Waals surface area contributed by atoms with Crippen LogP contribution in [0.5, 0.6) is 0 Å². The van der Waals surface area contributed by atoms with Crippen molar-refractivity contribution in [3.8, 4) is 11.4 Å². The molecule has 0 amide bonds. The molecule has 0 unspecified atom stereocenters. The largest absolute Gasteiger partial charge is 0.344 e. The zero-order valence-corrected chi connectivity index (χ0v) is 24.5. The van der Waals surface area contributed by atoms with Gasteiger partial charge in [0.15, 0.2) is 12.4 Å². The van der Waals surface area contributed by atoms with Crippen LogP contribution >= 0.6 is 0 Å². The summed E-state index contributed by atoms with van der Waals surface area (Å²) in [5.41, 5.74) is 10.6. The molecule has 0 bridgehead atoms. The van der Waals surface area contributed by atoms with Crippen molar-refractivity contribution < 1.29 is 9.13 Å². The van der Waals surface area contributed by atoms with Gasteiger partial charge in [-0.1, -0.05) is 84.9 Å². The van der Waals surface area contributed by atoms with Crippen LogP contribution in [0.15, 0.2) is 134 Å². The number of nitrogens with zero attached hydrogens (tertiary/aromatic N) is 4. The molecule has 2 aromatic heterocycles. The van der Waals surface area contributed by atoms with Crippen molar-refractivity contribution in [3.05, 3.63) is 156 Å². The number of aromatic nitrogens is 2. The lowest BCUT2D eigenvalue weighted by Crippen LogP contribution is -2.53. The van der Waals surface area contributed by atoms with Crippen LogP contribution in [-0.2, 0) is 13.1 Å². The van der Waals surface area contributed by atoms with Crippen molar-refractivity contribution in [1.82, 2.24) is 9.80 Å². The van der Waals surface area contributed by atoms with Gasteiger partial charge in [0.05, 0.1) is 22.2 Å². The molecule has 4 aliphatic heterocycles. The van der Waals surface area contributed by atoms with Crippen LogP contribution in [0.1, 0.15) is 22.3 Å². The highest BCUT2D eigenvalue weighted by Gasteiger charge is 2.34. The molecular formula is C40H32N4+2. The monoisotopic (exact) mass is 568 g/mol. The van der Waals surface area contributed by atoms with Crippen LogP contribution in [0.4, 0.5) is 0 Å². The molecule has 0 atom stereocenters. The lowest BCUT2D eigenvalue weighted by Gasteiger charge is -2.41. The molecule has 4 aromatic carbocycles. The maximum atomic E-state index is 2.39.